The summed E-state index contributed by atoms with van der Waals surface area (Å²) in [5.74, 6) is 5.50. The van der Waals surface area contributed by atoms with Gasteiger partial charge in [-0.2, -0.15) is 0 Å². The number of hydrazine groups is 1. The number of hydrogen-bond donors (Lipinski definition) is 2. The van der Waals surface area contributed by atoms with Gasteiger partial charge in [-0.1, -0.05) is 24.3 Å². The zero-order valence-electron chi connectivity index (χ0n) is 15.3. The molecule has 7 nitrogen and oxygen atoms in total. The minimum Gasteiger partial charge on any atom is -0.464 e. The van der Waals surface area contributed by atoms with Gasteiger partial charge in [-0.3, -0.25) is 9.59 Å². The number of nitrogens with zero attached hydrogens (tertiary/aromatic N) is 1. The van der Waals surface area contributed by atoms with Crippen molar-refractivity contribution in [3.63, 3.8) is 0 Å². The van der Waals surface area contributed by atoms with Crippen molar-refractivity contribution in [2.75, 3.05) is 0 Å². The van der Waals surface area contributed by atoms with Crippen molar-refractivity contribution in [3.8, 4) is 0 Å². The molecule has 146 valence electrons. The zero-order valence-corrected chi connectivity index (χ0v) is 16.1. The van der Waals surface area contributed by atoms with Crippen LogP contribution in [0.3, 0.4) is 0 Å². The van der Waals surface area contributed by atoms with Crippen molar-refractivity contribution in [2.24, 2.45) is 5.84 Å². The van der Waals surface area contributed by atoms with Crippen LogP contribution in [0.1, 0.15) is 11.1 Å². The Morgan fingerprint density at radius 1 is 0.862 bits per heavy atom. The first-order valence-corrected chi connectivity index (χ1v) is 9.23. The molecule has 4 aromatic rings. The van der Waals surface area contributed by atoms with Gasteiger partial charge in [0.2, 0.25) is 0 Å². The van der Waals surface area contributed by atoms with E-state index in [1.807, 2.05) is 0 Å². The van der Waals surface area contributed by atoms with Gasteiger partial charge < -0.3 is 19.2 Å². The smallest absolute Gasteiger partial charge is 0.197 e. The van der Waals surface area contributed by atoms with Gasteiger partial charge in [-0.25, -0.2) is 5.84 Å². The lowest BCUT2D eigenvalue weighted by atomic mass is 10.1. The highest BCUT2D eigenvalue weighted by Gasteiger charge is 2.17. The normalized spacial score (nSPS) is 10.9. The molecular weight excluding hydrogens is 390 g/mol. The third kappa shape index (κ3) is 3.63. The molecule has 2 aromatic heterocycles. The first-order valence-electron chi connectivity index (χ1n) is 8.83. The van der Waals surface area contributed by atoms with Crippen LogP contribution in [0.5, 0.6) is 0 Å². The first kappa shape index (κ1) is 18.9. The van der Waals surface area contributed by atoms with Crippen LogP contribution in [0.4, 0.5) is 0 Å². The molecule has 4 rings (SSSR count). The van der Waals surface area contributed by atoms with E-state index in [1.54, 1.807) is 53.4 Å². The molecule has 0 aliphatic heterocycles. The van der Waals surface area contributed by atoms with E-state index >= 15 is 0 Å². The highest BCUT2D eigenvalue weighted by molar-refractivity contribution is 7.80. The second-order valence-corrected chi connectivity index (χ2v) is 6.86. The Kier molecular flexibility index (Phi) is 5.11. The molecule has 0 unspecified atom stereocenters. The van der Waals surface area contributed by atoms with E-state index in [0.29, 0.717) is 33.1 Å². The van der Waals surface area contributed by atoms with Gasteiger partial charge in [0.1, 0.15) is 11.2 Å². The van der Waals surface area contributed by atoms with Crippen LogP contribution in [0, 0.1) is 0 Å². The Hall–Kier alpha value is -3.49. The molecule has 29 heavy (non-hydrogen) atoms. The summed E-state index contributed by atoms with van der Waals surface area (Å²) in [4.78, 5) is 27.2. The minimum absolute atomic E-state index is 0.114. The van der Waals surface area contributed by atoms with E-state index in [0.717, 1.165) is 0 Å². The van der Waals surface area contributed by atoms with Gasteiger partial charge >= 0.3 is 0 Å². The van der Waals surface area contributed by atoms with E-state index in [4.69, 9.17) is 26.9 Å². The molecule has 0 saturated heterocycles. The van der Waals surface area contributed by atoms with Gasteiger partial charge in [0.15, 0.2) is 16.0 Å². The molecule has 8 heteroatoms. The molecule has 0 amide bonds. The van der Waals surface area contributed by atoms with Crippen molar-refractivity contribution in [3.05, 3.63) is 92.6 Å². The molecule has 0 atom stereocenters. The van der Waals surface area contributed by atoms with E-state index < -0.39 is 0 Å². The summed E-state index contributed by atoms with van der Waals surface area (Å²) >= 11 is 5.28. The van der Waals surface area contributed by atoms with Crippen LogP contribution >= 0.6 is 12.2 Å². The molecule has 0 fully saturated rings. The van der Waals surface area contributed by atoms with Gasteiger partial charge in [0, 0.05) is 0 Å². The highest BCUT2D eigenvalue weighted by atomic mass is 32.1. The molecule has 0 bridgehead atoms. The molecule has 2 heterocycles. The van der Waals surface area contributed by atoms with Crippen molar-refractivity contribution in [1.29, 1.82) is 0 Å². The number of fused-ring (bicyclic) bond motifs is 2. The lowest BCUT2D eigenvalue weighted by Gasteiger charge is -2.24. The van der Waals surface area contributed by atoms with Crippen LogP contribution in [0.25, 0.3) is 21.9 Å². The van der Waals surface area contributed by atoms with Crippen molar-refractivity contribution in [2.45, 2.75) is 13.1 Å². The number of benzene rings is 2. The standard InChI is InChI=1S/C21H17N3O4S/c22-23-21(29)24(9-13-11-27-17-7-3-1-5-15(17)19(13)25)10-14-12-28-18-8-4-2-6-16(18)20(14)26/h1-8,11-12H,9-10,22H2,(H,23,29). The average Bonchev–Trinajstić information content (AvgIpc) is 2.76. The number of rotatable bonds is 4. The maximum absolute atomic E-state index is 12.8. The summed E-state index contributed by atoms with van der Waals surface area (Å²) in [6.45, 7) is 0.227. The van der Waals surface area contributed by atoms with Crippen LogP contribution < -0.4 is 22.1 Å². The van der Waals surface area contributed by atoms with E-state index in [1.165, 1.54) is 12.5 Å². The Morgan fingerprint density at radius 2 is 1.31 bits per heavy atom. The maximum atomic E-state index is 12.8. The first-order chi connectivity index (χ1) is 14.1. The Labute approximate surface area is 170 Å². The Morgan fingerprint density at radius 3 is 1.76 bits per heavy atom. The van der Waals surface area contributed by atoms with Crippen molar-refractivity contribution >= 4 is 39.3 Å². The van der Waals surface area contributed by atoms with Gasteiger partial charge in [-0.05, 0) is 36.5 Å². The zero-order chi connectivity index (χ0) is 20.4. The molecule has 2 aromatic carbocycles. The van der Waals surface area contributed by atoms with Crippen LogP contribution in [0.2, 0.25) is 0 Å². The third-order valence-corrected chi connectivity index (χ3v) is 5.01. The average molecular weight is 407 g/mol. The summed E-state index contributed by atoms with van der Waals surface area (Å²) in [6, 6.07) is 14.0. The fourth-order valence-corrected chi connectivity index (χ4v) is 3.29. The summed E-state index contributed by atoms with van der Waals surface area (Å²) in [6.07, 6.45) is 2.80. The molecule has 0 aliphatic rings. The van der Waals surface area contributed by atoms with E-state index in [9.17, 15) is 9.59 Å². The molecular formula is C21H17N3O4S. The fraction of sp³-hybridized carbons (Fsp3) is 0.0952. The topological polar surface area (TPSA) is 102 Å². The second-order valence-electron chi connectivity index (χ2n) is 6.48. The third-order valence-electron chi connectivity index (χ3n) is 4.64. The van der Waals surface area contributed by atoms with Gasteiger partial charge in [0.05, 0.1) is 47.5 Å². The minimum atomic E-state index is -0.165. The fourth-order valence-electron chi connectivity index (χ4n) is 3.16. The van der Waals surface area contributed by atoms with Gasteiger partial charge in [0.25, 0.3) is 0 Å². The second kappa shape index (κ2) is 7.86. The molecule has 0 spiro atoms. The molecule has 0 radical (unpaired) electrons. The molecule has 3 N–H and O–H groups in total. The Bertz CT molecular complexity index is 1230. The van der Waals surface area contributed by atoms with Crippen LogP contribution in [-0.2, 0) is 13.1 Å². The quantitative estimate of drug-likeness (QED) is 0.302. The Balaban J connectivity index is 1.70. The largest absolute Gasteiger partial charge is 0.464 e. The SMILES string of the molecule is NNC(=S)N(Cc1coc2ccccc2c1=O)Cc1coc2ccccc2c1=O. The predicted molar refractivity (Wildman–Crippen MR) is 114 cm³/mol. The molecule has 0 saturated carbocycles. The number of thiocarbonyl (C=S) groups is 1. The highest BCUT2D eigenvalue weighted by Crippen LogP contribution is 2.15. The number of para-hydroxylation sites is 2. The van der Waals surface area contributed by atoms with Crippen LogP contribution in [-0.4, -0.2) is 10.0 Å². The summed E-state index contributed by atoms with van der Waals surface area (Å²) in [5.41, 5.74) is 3.88. The number of nitrogens with one attached hydrogen (secondary N) is 1. The van der Waals surface area contributed by atoms with Crippen molar-refractivity contribution in [1.82, 2.24) is 10.3 Å². The lowest BCUT2D eigenvalue weighted by Crippen LogP contribution is -2.43. The predicted octanol–water partition coefficient (Wildman–Crippen LogP) is 2.65. The van der Waals surface area contributed by atoms with E-state index in [-0.39, 0.29) is 29.1 Å². The van der Waals surface area contributed by atoms with Crippen LogP contribution in [0.15, 0.2) is 79.5 Å². The van der Waals surface area contributed by atoms with Gasteiger partial charge in [-0.15, -0.1) is 0 Å². The number of hydrogen-bond acceptors (Lipinski definition) is 6. The monoisotopic (exact) mass is 407 g/mol. The summed E-state index contributed by atoms with van der Waals surface area (Å²) in [7, 11) is 0. The lowest BCUT2D eigenvalue weighted by molar-refractivity contribution is 0.388. The van der Waals surface area contributed by atoms with E-state index in [2.05, 4.69) is 5.43 Å². The van der Waals surface area contributed by atoms with Crippen molar-refractivity contribution < 1.29 is 8.83 Å². The summed E-state index contributed by atoms with van der Waals surface area (Å²) < 4.78 is 11.1. The summed E-state index contributed by atoms with van der Waals surface area (Å²) in [5, 5.41) is 1.13. The molecule has 0 aliphatic carbocycles. The maximum Gasteiger partial charge on any atom is 0.197 e. The number of nitrogens with two attached hydrogens (primary N) is 1.